The molecule has 0 aliphatic rings. The molecule has 0 saturated carbocycles. The fourth-order valence-corrected chi connectivity index (χ4v) is 0.561. The Morgan fingerprint density at radius 2 is 1.80 bits per heavy atom. The van der Waals surface area contributed by atoms with E-state index in [1.165, 1.54) is 0 Å². The van der Waals surface area contributed by atoms with Gasteiger partial charge in [-0.15, -0.1) is 0 Å². The van der Waals surface area contributed by atoms with Crippen molar-refractivity contribution in [1.82, 2.24) is 0 Å². The molecule has 0 amide bonds. The summed E-state index contributed by atoms with van der Waals surface area (Å²) in [7, 11) is -4.40. The Hall–Kier alpha value is 1.64. The summed E-state index contributed by atoms with van der Waals surface area (Å²) in [6.07, 6.45) is -0.756. The molecule has 0 fully saturated rings. The number of rotatable bonds is 2. The molecule has 0 heterocycles. The van der Waals surface area contributed by atoms with Crippen molar-refractivity contribution in [2.24, 2.45) is 0 Å². The molecule has 7 heteroatoms. The smallest absolute Gasteiger partial charge is 0.811 e. The summed E-state index contributed by atoms with van der Waals surface area (Å²) >= 11 is 0. The van der Waals surface area contributed by atoms with Crippen LogP contribution in [0.1, 0.15) is 6.42 Å². The first-order valence-corrected chi connectivity index (χ1v) is 3.67. The topological polar surface area (TPSA) is 87.0 Å². The van der Waals surface area contributed by atoms with Gasteiger partial charge in [-0.3, -0.25) is 0 Å². The van der Waals surface area contributed by atoms with Crippen LogP contribution < -0.4 is 68.9 Å². The van der Waals surface area contributed by atoms with Gasteiger partial charge < -0.3 is 14.4 Å². The summed E-state index contributed by atoms with van der Waals surface area (Å²) in [6, 6.07) is 1.55. The summed E-state index contributed by atoms with van der Waals surface area (Å²) in [5, 5.41) is 7.78. The summed E-state index contributed by atoms with van der Waals surface area (Å²) in [4.78, 5) is 19.4. The van der Waals surface area contributed by atoms with E-state index < -0.39 is 13.8 Å². The first-order valence-electron chi connectivity index (χ1n) is 1.94. The van der Waals surface area contributed by atoms with Gasteiger partial charge in [-0.05, 0) is 6.16 Å². The Labute approximate surface area is 104 Å². The molecule has 0 saturated heterocycles. The summed E-state index contributed by atoms with van der Waals surface area (Å²) < 4.78 is 9.71. The fraction of sp³-hybridized carbons (Fsp3) is 0.667. The molecule has 0 bridgehead atoms. The van der Waals surface area contributed by atoms with Crippen molar-refractivity contribution in [2.45, 2.75) is 6.42 Å². The minimum Gasteiger partial charge on any atom is -0.811 e. The van der Waals surface area contributed by atoms with E-state index in [1.54, 1.807) is 6.07 Å². The van der Waals surface area contributed by atoms with Gasteiger partial charge in [0.1, 0.15) is 0 Å². The molecule has 0 aliphatic carbocycles. The molecular formula is C3H4NNa2O3P. The van der Waals surface area contributed by atoms with Crippen LogP contribution in [0.2, 0.25) is 0 Å². The molecule has 46 valence electrons. The van der Waals surface area contributed by atoms with Gasteiger partial charge in [-0.2, -0.15) is 5.26 Å². The maximum atomic E-state index is 9.71. The van der Waals surface area contributed by atoms with E-state index in [-0.39, 0.29) is 65.5 Å². The van der Waals surface area contributed by atoms with Crippen LogP contribution in [0.5, 0.6) is 0 Å². The number of nitriles is 1. The molecule has 0 aromatic heterocycles. The van der Waals surface area contributed by atoms with Crippen molar-refractivity contribution in [3.8, 4) is 6.07 Å². The molecule has 0 unspecified atom stereocenters. The van der Waals surface area contributed by atoms with Crippen LogP contribution in [0.3, 0.4) is 0 Å². The molecule has 0 spiro atoms. The Balaban J connectivity index is -0.000000245. The quantitative estimate of drug-likeness (QED) is 0.311. The van der Waals surface area contributed by atoms with Crippen LogP contribution in [0.4, 0.5) is 0 Å². The first kappa shape index (κ1) is 17.7. The standard InChI is InChI=1S/C3H6NO3P.2Na/c4-2-1-3-8(5,6)7;;/h1,3H2,(H2,5,6,7);;/q;2*+1/p-2. The third-order valence-corrected chi connectivity index (χ3v) is 1.27. The van der Waals surface area contributed by atoms with Gasteiger partial charge in [-0.1, -0.05) is 7.60 Å². The number of hydrogen-bond donors (Lipinski definition) is 0. The van der Waals surface area contributed by atoms with Crippen LogP contribution in [-0.2, 0) is 4.57 Å². The molecule has 4 nitrogen and oxygen atoms in total. The molecule has 0 aromatic rings. The summed E-state index contributed by atoms with van der Waals surface area (Å²) in [6.45, 7) is 0. The van der Waals surface area contributed by atoms with E-state index in [0.29, 0.717) is 0 Å². The normalized spacial score (nSPS) is 8.50. The third-order valence-electron chi connectivity index (χ3n) is 0.497. The number of nitrogens with zero attached hydrogens (tertiary/aromatic N) is 1. The second-order valence-electron chi connectivity index (χ2n) is 1.24. The van der Waals surface area contributed by atoms with Crippen molar-refractivity contribution >= 4 is 7.60 Å². The predicted molar refractivity (Wildman–Crippen MR) is 22.7 cm³/mol. The molecule has 0 aromatic carbocycles. The molecule has 0 N–H and O–H groups in total. The van der Waals surface area contributed by atoms with E-state index in [0.717, 1.165) is 0 Å². The largest absolute Gasteiger partial charge is 1.00 e. The minimum absolute atomic E-state index is 0. The van der Waals surface area contributed by atoms with Crippen LogP contribution in [0, 0.1) is 11.3 Å². The molecule has 0 radical (unpaired) electrons. The Morgan fingerprint density at radius 3 is 1.90 bits per heavy atom. The Kier molecular flexibility index (Phi) is 15.4. The molecular weight excluding hydrogens is 175 g/mol. The first-order chi connectivity index (χ1) is 3.56. The molecule has 0 atom stereocenters. The van der Waals surface area contributed by atoms with E-state index in [1.807, 2.05) is 0 Å². The van der Waals surface area contributed by atoms with Crippen molar-refractivity contribution < 1.29 is 73.5 Å². The second-order valence-corrected chi connectivity index (χ2v) is 2.91. The zero-order valence-corrected chi connectivity index (χ0v) is 10.9. The average Bonchev–Trinajstić information content (AvgIpc) is 1.59. The van der Waals surface area contributed by atoms with Crippen molar-refractivity contribution in [2.75, 3.05) is 6.16 Å². The third kappa shape index (κ3) is 16.3. The van der Waals surface area contributed by atoms with E-state index in [2.05, 4.69) is 0 Å². The van der Waals surface area contributed by atoms with Crippen molar-refractivity contribution in [1.29, 1.82) is 5.26 Å². The minimum atomic E-state index is -4.40. The van der Waals surface area contributed by atoms with Crippen LogP contribution in [0.15, 0.2) is 0 Å². The van der Waals surface area contributed by atoms with Gasteiger partial charge in [0.15, 0.2) is 0 Å². The zero-order chi connectivity index (χ0) is 6.62. The van der Waals surface area contributed by atoms with Crippen LogP contribution in [-0.4, -0.2) is 6.16 Å². The Morgan fingerprint density at radius 1 is 1.40 bits per heavy atom. The van der Waals surface area contributed by atoms with E-state index >= 15 is 0 Å². The number of hydrogen-bond acceptors (Lipinski definition) is 4. The molecule has 0 rings (SSSR count). The van der Waals surface area contributed by atoms with E-state index in [9.17, 15) is 14.4 Å². The Bertz CT molecular complexity index is 150. The maximum Gasteiger partial charge on any atom is 1.00 e. The summed E-state index contributed by atoms with van der Waals surface area (Å²) in [5.74, 6) is 0. The monoisotopic (exact) mass is 179 g/mol. The molecule has 10 heavy (non-hydrogen) atoms. The van der Waals surface area contributed by atoms with E-state index in [4.69, 9.17) is 5.26 Å². The van der Waals surface area contributed by atoms with Gasteiger partial charge >= 0.3 is 59.1 Å². The second kappa shape index (κ2) is 8.73. The summed E-state index contributed by atoms with van der Waals surface area (Å²) in [5.41, 5.74) is 0. The fourth-order valence-electron chi connectivity index (χ4n) is 0.187. The average molecular weight is 179 g/mol. The maximum absolute atomic E-state index is 9.71. The van der Waals surface area contributed by atoms with Crippen molar-refractivity contribution in [3.05, 3.63) is 0 Å². The van der Waals surface area contributed by atoms with Gasteiger partial charge in [0.2, 0.25) is 0 Å². The predicted octanol–water partition coefficient (Wildman–Crippen LogP) is -7.18. The van der Waals surface area contributed by atoms with Gasteiger partial charge in [0.05, 0.1) is 6.07 Å². The zero-order valence-electron chi connectivity index (χ0n) is 6.03. The van der Waals surface area contributed by atoms with Crippen molar-refractivity contribution in [3.63, 3.8) is 0 Å². The van der Waals surface area contributed by atoms with Crippen LogP contribution in [0.25, 0.3) is 0 Å². The molecule has 0 aliphatic heterocycles. The SMILES string of the molecule is N#CCCP(=O)([O-])[O-].[Na+].[Na+]. The van der Waals surface area contributed by atoms with Gasteiger partial charge in [0.25, 0.3) is 0 Å². The van der Waals surface area contributed by atoms with Gasteiger partial charge in [0, 0.05) is 6.42 Å². The van der Waals surface area contributed by atoms with Crippen LogP contribution >= 0.6 is 7.60 Å². The van der Waals surface area contributed by atoms with Gasteiger partial charge in [-0.25, -0.2) is 0 Å².